The molecule has 1 unspecified atom stereocenters. The third-order valence-electron chi connectivity index (χ3n) is 5.82. The van der Waals surface area contributed by atoms with E-state index in [1.807, 2.05) is 83.4 Å². The van der Waals surface area contributed by atoms with Gasteiger partial charge in [-0.3, -0.25) is 4.79 Å². The van der Waals surface area contributed by atoms with Crippen molar-refractivity contribution in [2.75, 3.05) is 13.7 Å². The van der Waals surface area contributed by atoms with E-state index < -0.39 is 6.10 Å². The number of benzene rings is 3. The Bertz CT molecular complexity index is 1320. The molecule has 0 aliphatic rings. The number of aliphatic hydroxyl groups excluding tert-OH is 1. The summed E-state index contributed by atoms with van der Waals surface area (Å²) < 4.78 is 13.2. The van der Waals surface area contributed by atoms with Crippen molar-refractivity contribution in [1.29, 1.82) is 0 Å². The van der Waals surface area contributed by atoms with Crippen LogP contribution in [-0.4, -0.2) is 40.4 Å². The number of ether oxygens (including phenoxy) is 2. The number of methoxy groups -OCH3 is 1. The quantitative estimate of drug-likeness (QED) is 0.296. The number of hydrogen-bond acceptors (Lipinski definition) is 5. The number of carbonyl (C=O) groups is 1. The van der Waals surface area contributed by atoms with E-state index in [0.717, 1.165) is 28.6 Å². The normalized spacial score (nSPS) is 11.7. The predicted molar refractivity (Wildman–Crippen MR) is 140 cm³/mol. The number of para-hydroxylation sites is 2. The first-order valence-electron chi connectivity index (χ1n) is 11.9. The third kappa shape index (κ3) is 6.31. The maximum Gasteiger partial charge on any atom is 0.227 e. The van der Waals surface area contributed by atoms with Crippen molar-refractivity contribution in [3.05, 3.63) is 102 Å². The topological polar surface area (TPSA) is 85.6 Å². The number of allylic oxidation sites excluding steroid dienone is 1. The lowest BCUT2D eigenvalue weighted by molar-refractivity contribution is -0.120. The van der Waals surface area contributed by atoms with E-state index in [1.165, 1.54) is 0 Å². The van der Waals surface area contributed by atoms with Gasteiger partial charge in [-0.1, -0.05) is 54.6 Å². The van der Waals surface area contributed by atoms with E-state index in [1.54, 1.807) is 7.11 Å². The van der Waals surface area contributed by atoms with Crippen LogP contribution in [0.15, 0.2) is 85.5 Å². The molecule has 186 valence electrons. The van der Waals surface area contributed by atoms with Gasteiger partial charge in [-0.2, -0.15) is 0 Å². The van der Waals surface area contributed by atoms with Gasteiger partial charge in [0.05, 0.1) is 31.1 Å². The fourth-order valence-electron chi connectivity index (χ4n) is 4.04. The number of carbonyl (C=O) groups excluding carboxylic acids is 1. The van der Waals surface area contributed by atoms with E-state index in [4.69, 9.17) is 9.47 Å². The minimum Gasteiger partial charge on any atom is -0.493 e. The van der Waals surface area contributed by atoms with E-state index in [-0.39, 0.29) is 25.5 Å². The monoisotopic (exact) mass is 485 g/mol. The molecule has 3 aromatic carbocycles. The molecule has 2 N–H and O–H groups in total. The number of amides is 1. The molecule has 36 heavy (non-hydrogen) atoms. The summed E-state index contributed by atoms with van der Waals surface area (Å²) in [5.74, 6) is 1.61. The van der Waals surface area contributed by atoms with E-state index in [9.17, 15) is 9.90 Å². The fraction of sp³-hybridized carbons (Fsp3) is 0.241. The summed E-state index contributed by atoms with van der Waals surface area (Å²) in [5.41, 5.74) is 3.72. The van der Waals surface area contributed by atoms with E-state index in [2.05, 4.69) is 16.9 Å². The zero-order valence-corrected chi connectivity index (χ0v) is 20.4. The molecular weight excluding hydrogens is 454 g/mol. The van der Waals surface area contributed by atoms with Gasteiger partial charge >= 0.3 is 0 Å². The fourth-order valence-corrected chi connectivity index (χ4v) is 4.04. The maximum atomic E-state index is 12.7. The molecule has 0 saturated carbocycles. The molecule has 0 saturated heterocycles. The molecule has 7 heteroatoms. The van der Waals surface area contributed by atoms with E-state index in [0.29, 0.717) is 23.9 Å². The molecule has 1 heterocycles. The number of nitrogens with one attached hydrogen (secondary N) is 1. The molecule has 7 nitrogen and oxygen atoms in total. The molecule has 0 aliphatic carbocycles. The van der Waals surface area contributed by atoms with Crippen LogP contribution in [-0.2, 0) is 30.7 Å². The highest BCUT2D eigenvalue weighted by atomic mass is 16.5. The molecule has 0 radical (unpaired) electrons. The molecule has 0 spiro atoms. The smallest absolute Gasteiger partial charge is 0.227 e. The van der Waals surface area contributed by atoms with Crippen molar-refractivity contribution in [3.8, 4) is 11.5 Å². The summed E-state index contributed by atoms with van der Waals surface area (Å²) in [7, 11) is 1.59. The SMILES string of the molecule is C=CCc1ccc(OCC(O)Cn2c(CC(=O)NCc3ccccc3)nc3ccccc32)c(OC)c1. The largest absolute Gasteiger partial charge is 0.493 e. The second kappa shape index (κ2) is 12.0. The Morgan fingerprint density at radius 2 is 1.86 bits per heavy atom. The summed E-state index contributed by atoms with van der Waals surface area (Å²) in [6, 6.07) is 23.1. The van der Waals surface area contributed by atoms with Crippen LogP contribution in [0, 0.1) is 0 Å². The average molecular weight is 486 g/mol. The van der Waals surface area contributed by atoms with Gasteiger partial charge in [0.25, 0.3) is 0 Å². The highest BCUT2D eigenvalue weighted by molar-refractivity contribution is 5.81. The first-order chi connectivity index (χ1) is 17.6. The first kappa shape index (κ1) is 25.0. The lowest BCUT2D eigenvalue weighted by Gasteiger charge is -2.17. The van der Waals surface area contributed by atoms with E-state index >= 15 is 0 Å². The van der Waals surface area contributed by atoms with Crippen LogP contribution < -0.4 is 14.8 Å². The lowest BCUT2D eigenvalue weighted by Crippen LogP contribution is -2.28. The summed E-state index contributed by atoms with van der Waals surface area (Å²) in [4.78, 5) is 17.3. The van der Waals surface area contributed by atoms with Crippen LogP contribution in [0.1, 0.15) is 17.0 Å². The second-order valence-corrected chi connectivity index (χ2v) is 8.51. The van der Waals surface area contributed by atoms with Gasteiger partial charge < -0.3 is 24.5 Å². The van der Waals surface area contributed by atoms with Gasteiger partial charge in [-0.25, -0.2) is 4.98 Å². The maximum absolute atomic E-state index is 12.7. The van der Waals surface area contributed by atoms with Gasteiger partial charge in [0.2, 0.25) is 5.91 Å². The Hall–Kier alpha value is -4.10. The summed E-state index contributed by atoms with van der Waals surface area (Å²) in [6.07, 6.45) is 1.84. The molecule has 1 aromatic heterocycles. The highest BCUT2D eigenvalue weighted by Gasteiger charge is 2.18. The van der Waals surface area contributed by atoms with Crippen molar-refractivity contribution < 1.29 is 19.4 Å². The van der Waals surface area contributed by atoms with Crippen molar-refractivity contribution in [3.63, 3.8) is 0 Å². The molecule has 0 bridgehead atoms. The molecule has 0 aliphatic heterocycles. The van der Waals surface area contributed by atoms with Gasteiger partial charge in [0.1, 0.15) is 18.5 Å². The van der Waals surface area contributed by atoms with Crippen LogP contribution in [0.2, 0.25) is 0 Å². The number of imidazole rings is 1. The molecule has 4 aromatic rings. The second-order valence-electron chi connectivity index (χ2n) is 8.51. The van der Waals surface area contributed by atoms with Crippen LogP contribution >= 0.6 is 0 Å². The number of nitrogens with zero attached hydrogens (tertiary/aromatic N) is 2. The molecular formula is C29H31N3O4. The number of aromatic nitrogens is 2. The van der Waals surface area contributed by atoms with Crippen LogP contribution in [0.4, 0.5) is 0 Å². The zero-order chi connectivity index (χ0) is 25.3. The molecule has 0 fully saturated rings. The Morgan fingerprint density at radius 1 is 1.08 bits per heavy atom. The minimum atomic E-state index is -0.828. The number of hydrogen-bond donors (Lipinski definition) is 2. The van der Waals surface area contributed by atoms with Gasteiger partial charge in [-0.15, -0.1) is 6.58 Å². The summed E-state index contributed by atoms with van der Waals surface area (Å²) in [5, 5.41) is 13.8. The first-order valence-corrected chi connectivity index (χ1v) is 11.9. The zero-order valence-electron chi connectivity index (χ0n) is 20.4. The van der Waals surface area contributed by atoms with Gasteiger partial charge in [0, 0.05) is 6.54 Å². The Kier molecular flexibility index (Phi) is 8.36. The lowest BCUT2D eigenvalue weighted by atomic mass is 10.1. The third-order valence-corrected chi connectivity index (χ3v) is 5.82. The number of aliphatic hydroxyl groups is 1. The van der Waals surface area contributed by atoms with Crippen LogP contribution in [0.5, 0.6) is 11.5 Å². The number of rotatable bonds is 12. The summed E-state index contributed by atoms with van der Waals surface area (Å²) >= 11 is 0. The Morgan fingerprint density at radius 3 is 2.64 bits per heavy atom. The standard InChI is InChI=1S/C29H31N3O4/c1-3-9-21-14-15-26(27(16-21)35-2)36-20-23(33)19-32-25-13-8-7-12-24(25)31-28(32)17-29(34)30-18-22-10-5-4-6-11-22/h3-8,10-16,23,33H,1,9,17-20H2,2H3,(H,30,34). The van der Waals surface area contributed by atoms with Gasteiger partial charge in [-0.05, 0) is 41.8 Å². The average Bonchev–Trinajstić information content (AvgIpc) is 3.23. The Balaban J connectivity index is 1.43. The minimum absolute atomic E-state index is 0.0588. The predicted octanol–water partition coefficient (Wildman–Crippen LogP) is 4.07. The van der Waals surface area contributed by atoms with Crippen molar-refractivity contribution in [2.45, 2.75) is 32.0 Å². The Labute approximate surface area is 211 Å². The van der Waals surface area contributed by atoms with Crippen molar-refractivity contribution >= 4 is 16.9 Å². The molecule has 4 rings (SSSR count). The van der Waals surface area contributed by atoms with Crippen LogP contribution in [0.3, 0.4) is 0 Å². The highest BCUT2D eigenvalue weighted by Crippen LogP contribution is 2.28. The summed E-state index contributed by atoms with van der Waals surface area (Å²) in [6.45, 7) is 4.50. The van der Waals surface area contributed by atoms with Crippen molar-refractivity contribution in [2.24, 2.45) is 0 Å². The van der Waals surface area contributed by atoms with Gasteiger partial charge in [0.15, 0.2) is 11.5 Å². The number of fused-ring (bicyclic) bond motifs is 1. The van der Waals surface area contributed by atoms with Crippen molar-refractivity contribution in [1.82, 2.24) is 14.9 Å². The molecule has 1 amide bonds. The molecule has 1 atom stereocenters. The van der Waals surface area contributed by atoms with Crippen LogP contribution in [0.25, 0.3) is 11.0 Å².